The van der Waals surface area contributed by atoms with Crippen molar-refractivity contribution in [3.05, 3.63) is 84.2 Å². The van der Waals surface area contributed by atoms with Gasteiger partial charge in [-0.3, -0.25) is 10.1 Å². The van der Waals surface area contributed by atoms with Crippen molar-refractivity contribution in [2.24, 2.45) is 0 Å². The molecule has 0 bridgehead atoms. The lowest BCUT2D eigenvalue weighted by Crippen LogP contribution is -2.02. The molecule has 0 saturated heterocycles. The Bertz CT molecular complexity index is 1050. The van der Waals surface area contributed by atoms with Crippen molar-refractivity contribution in [2.75, 3.05) is 17.7 Å². The van der Waals surface area contributed by atoms with Gasteiger partial charge in [-0.05, 0) is 47.5 Å². The van der Waals surface area contributed by atoms with E-state index in [1.54, 1.807) is 19.5 Å². The Morgan fingerprint density at radius 2 is 1.59 bits per heavy atom. The van der Waals surface area contributed by atoms with Gasteiger partial charge >= 0.3 is 0 Å². The number of para-hydroxylation sites is 1. The van der Waals surface area contributed by atoms with Gasteiger partial charge in [0.15, 0.2) is 5.82 Å². The third kappa shape index (κ3) is 4.70. The monoisotopic (exact) mass is 386 g/mol. The second-order valence-corrected chi connectivity index (χ2v) is 6.46. The van der Waals surface area contributed by atoms with Crippen LogP contribution in [0.25, 0.3) is 11.4 Å². The molecule has 4 rings (SSSR count). The van der Waals surface area contributed by atoms with E-state index in [2.05, 4.69) is 30.8 Å². The maximum atomic E-state index is 5.18. The van der Waals surface area contributed by atoms with E-state index >= 15 is 0 Å². The van der Waals surface area contributed by atoms with Crippen LogP contribution in [0.3, 0.4) is 0 Å². The molecule has 7 heteroatoms. The van der Waals surface area contributed by atoms with Crippen molar-refractivity contribution in [3.63, 3.8) is 0 Å². The van der Waals surface area contributed by atoms with E-state index in [-0.39, 0.29) is 0 Å². The highest BCUT2D eigenvalue weighted by atomic mass is 16.5. The lowest BCUT2D eigenvalue weighted by molar-refractivity contribution is 0.414. The molecule has 0 aliphatic rings. The molecule has 0 fully saturated rings. The van der Waals surface area contributed by atoms with E-state index in [0.717, 1.165) is 28.1 Å². The number of aromatic nitrogens is 4. The van der Waals surface area contributed by atoms with Gasteiger partial charge in [-0.15, -0.1) is 5.10 Å². The van der Waals surface area contributed by atoms with Gasteiger partial charge in [0.2, 0.25) is 5.95 Å². The van der Waals surface area contributed by atoms with Crippen LogP contribution in [0, 0.1) is 0 Å². The predicted molar refractivity (Wildman–Crippen MR) is 114 cm³/mol. The van der Waals surface area contributed by atoms with Crippen molar-refractivity contribution < 1.29 is 4.74 Å². The molecule has 7 nitrogen and oxygen atoms in total. The highest BCUT2D eigenvalue weighted by molar-refractivity contribution is 5.73. The van der Waals surface area contributed by atoms with E-state index in [1.807, 2.05) is 60.7 Å². The quantitative estimate of drug-likeness (QED) is 0.423. The van der Waals surface area contributed by atoms with E-state index in [1.165, 1.54) is 0 Å². The standard InChI is InChI=1S/C22H22N6O/c1-29-18-8-6-16(7-9-18)15-25-22-26-21(27-28-22)19-4-2-3-5-20(19)24-14-17-10-12-23-13-11-17/h2-13,24H,14-15H2,1H3,(H2,25,26,27,28). The first-order valence-corrected chi connectivity index (χ1v) is 9.33. The van der Waals surface area contributed by atoms with Crippen molar-refractivity contribution in [1.29, 1.82) is 0 Å². The lowest BCUT2D eigenvalue weighted by atomic mass is 10.1. The average molecular weight is 386 g/mol. The zero-order chi connectivity index (χ0) is 19.9. The third-order valence-electron chi connectivity index (χ3n) is 4.51. The van der Waals surface area contributed by atoms with E-state index in [0.29, 0.717) is 24.9 Å². The van der Waals surface area contributed by atoms with Gasteiger partial charge in [-0.2, -0.15) is 4.98 Å². The molecule has 0 aliphatic heterocycles. The first kappa shape index (κ1) is 18.5. The molecule has 0 spiro atoms. The molecule has 2 aromatic heterocycles. The number of rotatable bonds is 8. The molecule has 29 heavy (non-hydrogen) atoms. The third-order valence-corrected chi connectivity index (χ3v) is 4.51. The van der Waals surface area contributed by atoms with Crippen LogP contribution in [0.2, 0.25) is 0 Å². The fraction of sp³-hybridized carbons (Fsp3) is 0.136. The summed E-state index contributed by atoms with van der Waals surface area (Å²) >= 11 is 0. The first-order valence-electron chi connectivity index (χ1n) is 9.33. The number of anilines is 2. The second kappa shape index (κ2) is 8.88. The zero-order valence-electron chi connectivity index (χ0n) is 16.1. The van der Waals surface area contributed by atoms with Crippen LogP contribution in [0.15, 0.2) is 73.1 Å². The minimum absolute atomic E-state index is 0.555. The van der Waals surface area contributed by atoms with Gasteiger partial charge in [-0.1, -0.05) is 24.3 Å². The molecule has 0 radical (unpaired) electrons. The molecule has 4 aromatic rings. The van der Waals surface area contributed by atoms with Gasteiger partial charge in [-0.25, -0.2) is 0 Å². The van der Waals surface area contributed by atoms with E-state index in [9.17, 15) is 0 Å². The number of pyridine rings is 1. The normalized spacial score (nSPS) is 10.5. The van der Waals surface area contributed by atoms with Crippen LogP contribution in [-0.2, 0) is 13.1 Å². The second-order valence-electron chi connectivity index (χ2n) is 6.46. The SMILES string of the molecule is COc1ccc(CNc2n[nH]c(-c3ccccc3NCc3ccncc3)n2)cc1. The summed E-state index contributed by atoms with van der Waals surface area (Å²) in [6.07, 6.45) is 3.58. The number of nitrogens with one attached hydrogen (secondary N) is 3. The van der Waals surface area contributed by atoms with Gasteiger partial charge < -0.3 is 15.4 Å². The van der Waals surface area contributed by atoms with Gasteiger partial charge in [0.05, 0.1) is 7.11 Å². The molecule has 2 aromatic carbocycles. The predicted octanol–water partition coefficient (Wildman–Crippen LogP) is 4.10. The summed E-state index contributed by atoms with van der Waals surface area (Å²) in [6, 6.07) is 19.9. The van der Waals surface area contributed by atoms with Crippen LogP contribution in [0.4, 0.5) is 11.6 Å². The number of hydrogen-bond acceptors (Lipinski definition) is 6. The Morgan fingerprint density at radius 3 is 2.38 bits per heavy atom. The molecule has 146 valence electrons. The van der Waals surface area contributed by atoms with E-state index < -0.39 is 0 Å². The van der Waals surface area contributed by atoms with Crippen LogP contribution in [-0.4, -0.2) is 27.3 Å². The van der Waals surface area contributed by atoms with Gasteiger partial charge in [0, 0.05) is 36.7 Å². The number of H-pyrrole nitrogens is 1. The maximum absolute atomic E-state index is 5.18. The topological polar surface area (TPSA) is 87.8 Å². The molecule has 0 atom stereocenters. The van der Waals surface area contributed by atoms with Crippen LogP contribution in [0.1, 0.15) is 11.1 Å². The molecular formula is C22H22N6O. The molecule has 3 N–H and O–H groups in total. The Balaban J connectivity index is 1.43. The summed E-state index contributed by atoms with van der Waals surface area (Å²) in [4.78, 5) is 8.64. The molecule has 0 amide bonds. The fourth-order valence-corrected chi connectivity index (χ4v) is 2.93. The highest BCUT2D eigenvalue weighted by Gasteiger charge is 2.10. The molecule has 0 saturated carbocycles. The summed E-state index contributed by atoms with van der Waals surface area (Å²) in [7, 11) is 1.66. The zero-order valence-corrected chi connectivity index (χ0v) is 16.1. The summed E-state index contributed by atoms with van der Waals surface area (Å²) in [5.74, 6) is 2.10. The van der Waals surface area contributed by atoms with Crippen molar-refractivity contribution in [3.8, 4) is 17.1 Å². The number of hydrogen-bond donors (Lipinski definition) is 3. The number of methoxy groups -OCH3 is 1. The van der Waals surface area contributed by atoms with Crippen LogP contribution >= 0.6 is 0 Å². The Hall–Kier alpha value is -3.87. The Kier molecular flexibility index (Phi) is 5.66. The minimum atomic E-state index is 0.555. The van der Waals surface area contributed by atoms with Gasteiger partial charge in [0.1, 0.15) is 5.75 Å². The maximum Gasteiger partial charge on any atom is 0.242 e. The smallest absolute Gasteiger partial charge is 0.242 e. The van der Waals surface area contributed by atoms with E-state index in [4.69, 9.17) is 4.74 Å². The molecule has 2 heterocycles. The lowest BCUT2D eigenvalue weighted by Gasteiger charge is -2.10. The average Bonchev–Trinajstić information content (AvgIpc) is 3.26. The van der Waals surface area contributed by atoms with Gasteiger partial charge in [0.25, 0.3) is 0 Å². The fourth-order valence-electron chi connectivity index (χ4n) is 2.93. The minimum Gasteiger partial charge on any atom is -0.497 e. The molecule has 0 aliphatic carbocycles. The molecule has 0 unspecified atom stereocenters. The van der Waals surface area contributed by atoms with Crippen molar-refractivity contribution in [1.82, 2.24) is 20.2 Å². The largest absolute Gasteiger partial charge is 0.497 e. The van der Waals surface area contributed by atoms with Crippen molar-refractivity contribution in [2.45, 2.75) is 13.1 Å². The summed E-state index contributed by atoms with van der Waals surface area (Å²) < 4.78 is 5.18. The van der Waals surface area contributed by atoms with Crippen LogP contribution < -0.4 is 15.4 Å². The number of ether oxygens (including phenoxy) is 1. The van der Waals surface area contributed by atoms with Crippen LogP contribution in [0.5, 0.6) is 5.75 Å². The van der Waals surface area contributed by atoms with Crippen molar-refractivity contribution >= 4 is 11.6 Å². The highest BCUT2D eigenvalue weighted by Crippen LogP contribution is 2.26. The summed E-state index contributed by atoms with van der Waals surface area (Å²) in [5, 5.41) is 14.0. The molecular weight excluding hydrogens is 364 g/mol. The number of aromatic amines is 1. The summed E-state index contributed by atoms with van der Waals surface area (Å²) in [5.41, 5.74) is 4.24. The number of nitrogens with zero attached hydrogens (tertiary/aromatic N) is 3. The summed E-state index contributed by atoms with van der Waals surface area (Å²) in [6.45, 7) is 1.33. The Labute approximate surface area is 169 Å². The first-order chi connectivity index (χ1) is 14.3. The number of benzene rings is 2. The Morgan fingerprint density at radius 1 is 0.862 bits per heavy atom.